The molecule has 1 fully saturated rings. The number of hydrogen-bond donors (Lipinski definition) is 2. The van der Waals surface area contributed by atoms with E-state index in [9.17, 15) is 4.79 Å². The molecule has 23 heavy (non-hydrogen) atoms. The predicted molar refractivity (Wildman–Crippen MR) is 93.9 cm³/mol. The normalized spacial score (nSPS) is 20.6. The average Bonchev–Trinajstić information content (AvgIpc) is 2.49. The molecule has 1 heterocycles. The molecule has 1 saturated heterocycles. The highest BCUT2D eigenvalue weighted by Gasteiger charge is 2.23. The summed E-state index contributed by atoms with van der Waals surface area (Å²) in [4.78, 5) is 12.4. The smallest absolute Gasteiger partial charge is 0.251 e. The Hall–Kier alpha value is -1.46. The quantitative estimate of drug-likeness (QED) is 0.863. The molecule has 1 aromatic rings. The molecule has 2 atom stereocenters. The number of ether oxygens (including phenoxy) is 2. The van der Waals surface area contributed by atoms with Gasteiger partial charge < -0.3 is 20.1 Å². The van der Waals surface area contributed by atoms with Gasteiger partial charge in [-0.25, -0.2) is 0 Å². The van der Waals surface area contributed by atoms with Crippen molar-refractivity contribution in [3.05, 3.63) is 23.8 Å². The third-order valence-electron chi connectivity index (χ3n) is 3.89. The number of rotatable bonds is 5. The summed E-state index contributed by atoms with van der Waals surface area (Å²) in [6, 6.07) is 5.52. The van der Waals surface area contributed by atoms with E-state index in [-0.39, 0.29) is 30.5 Å². The van der Waals surface area contributed by atoms with Crippen molar-refractivity contribution >= 4 is 18.3 Å². The van der Waals surface area contributed by atoms with Crippen molar-refractivity contribution in [2.24, 2.45) is 5.92 Å². The van der Waals surface area contributed by atoms with Crippen LogP contribution in [0.15, 0.2) is 18.2 Å². The molecule has 0 aromatic heterocycles. The molecule has 0 aliphatic carbocycles. The first kappa shape index (κ1) is 19.6. The first-order valence-corrected chi connectivity index (χ1v) is 7.87. The van der Waals surface area contributed by atoms with Crippen molar-refractivity contribution in [2.45, 2.75) is 39.3 Å². The third kappa shape index (κ3) is 5.29. The van der Waals surface area contributed by atoms with Crippen molar-refractivity contribution in [2.75, 3.05) is 20.2 Å². The lowest BCUT2D eigenvalue weighted by Gasteiger charge is -2.30. The summed E-state index contributed by atoms with van der Waals surface area (Å²) in [5.41, 5.74) is 0.596. The standard InChI is InChI=1S/C17H26N2O3.ClH/c1-11(2)22-15-6-5-13(9-16(15)21-4)17(20)19-14-7-8-18-10-12(14)3;/h5-6,9,11-12,14,18H,7-8,10H2,1-4H3,(H,19,20);1H. The highest BCUT2D eigenvalue weighted by atomic mass is 35.5. The van der Waals surface area contributed by atoms with Crippen LogP contribution in [-0.2, 0) is 0 Å². The lowest BCUT2D eigenvalue weighted by atomic mass is 9.95. The second-order valence-corrected chi connectivity index (χ2v) is 6.08. The van der Waals surface area contributed by atoms with Crippen molar-refractivity contribution < 1.29 is 14.3 Å². The summed E-state index contributed by atoms with van der Waals surface area (Å²) in [6.07, 6.45) is 1.02. The van der Waals surface area contributed by atoms with Crippen LogP contribution in [0.4, 0.5) is 0 Å². The van der Waals surface area contributed by atoms with Crippen LogP contribution in [0.2, 0.25) is 0 Å². The maximum absolute atomic E-state index is 12.4. The molecule has 1 aliphatic heterocycles. The van der Waals surface area contributed by atoms with Gasteiger partial charge in [-0.15, -0.1) is 12.4 Å². The van der Waals surface area contributed by atoms with Crippen LogP contribution in [0.3, 0.4) is 0 Å². The van der Waals surface area contributed by atoms with Gasteiger partial charge in [-0.1, -0.05) is 6.92 Å². The molecular formula is C17H27ClN2O3. The molecule has 0 bridgehead atoms. The van der Waals surface area contributed by atoms with Gasteiger partial charge in [0.2, 0.25) is 0 Å². The average molecular weight is 343 g/mol. The Morgan fingerprint density at radius 2 is 2.09 bits per heavy atom. The molecule has 1 amide bonds. The zero-order valence-electron chi connectivity index (χ0n) is 14.2. The zero-order valence-corrected chi connectivity index (χ0v) is 15.0. The van der Waals surface area contributed by atoms with E-state index in [0.29, 0.717) is 23.0 Å². The molecule has 0 spiro atoms. The van der Waals surface area contributed by atoms with E-state index in [1.54, 1.807) is 25.3 Å². The summed E-state index contributed by atoms with van der Waals surface area (Å²) < 4.78 is 11.0. The Bertz CT molecular complexity index is 523. The second kappa shape index (κ2) is 8.99. The molecule has 0 saturated carbocycles. The Balaban J connectivity index is 0.00000264. The van der Waals surface area contributed by atoms with E-state index in [2.05, 4.69) is 17.6 Å². The van der Waals surface area contributed by atoms with E-state index >= 15 is 0 Å². The summed E-state index contributed by atoms with van der Waals surface area (Å²) in [7, 11) is 1.58. The maximum atomic E-state index is 12.4. The number of carbonyl (C=O) groups is 1. The number of piperidine rings is 1. The molecule has 5 nitrogen and oxygen atoms in total. The van der Waals surface area contributed by atoms with Gasteiger partial charge in [0.25, 0.3) is 5.91 Å². The third-order valence-corrected chi connectivity index (χ3v) is 3.89. The minimum absolute atomic E-state index is 0. The molecule has 1 aliphatic rings. The summed E-state index contributed by atoms with van der Waals surface area (Å²) in [5, 5.41) is 6.45. The Morgan fingerprint density at radius 1 is 1.35 bits per heavy atom. The molecule has 2 rings (SSSR count). The van der Waals surface area contributed by atoms with Crippen LogP contribution in [0.25, 0.3) is 0 Å². The molecule has 6 heteroatoms. The van der Waals surface area contributed by atoms with Gasteiger partial charge in [-0.05, 0) is 57.5 Å². The molecule has 2 N–H and O–H groups in total. The monoisotopic (exact) mass is 342 g/mol. The Kier molecular flexibility index (Phi) is 7.65. The van der Waals surface area contributed by atoms with Gasteiger partial charge in [-0.3, -0.25) is 4.79 Å². The first-order valence-electron chi connectivity index (χ1n) is 7.87. The number of hydrogen-bond acceptors (Lipinski definition) is 4. The zero-order chi connectivity index (χ0) is 16.1. The van der Waals surface area contributed by atoms with Gasteiger partial charge in [0, 0.05) is 11.6 Å². The number of methoxy groups -OCH3 is 1. The van der Waals surface area contributed by atoms with E-state index in [4.69, 9.17) is 9.47 Å². The number of halogens is 1. The van der Waals surface area contributed by atoms with Crippen LogP contribution in [-0.4, -0.2) is 38.3 Å². The lowest BCUT2D eigenvalue weighted by Crippen LogP contribution is -2.48. The topological polar surface area (TPSA) is 59.6 Å². The van der Waals surface area contributed by atoms with Crippen molar-refractivity contribution in [3.63, 3.8) is 0 Å². The van der Waals surface area contributed by atoms with E-state index < -0.39 is 0 Å². The minimum Gasteiger partial charge on any atom is -0.493 e. The van der Waals surface area contributed by atoms with Crippen LogP contribution in [0.1, 0.15) is 37.6 Å². The second-order valence-electron chi connectivity index (χ2n) is 6.08. The Morgan fingerprint density at radius 3 is 2.70 bits per heavy atom. The first-order chi connectivity index (χ1) is 10.5. The molecule has 130 valence electrons. The predicted octanol–water partition coefficient (Wildman–Crippen LogP) is 2.63. The SMILES string of the molecule is COc1cc(C(=O)NC2CCNCC2C)ccc1OC(C)C.Cl. The van der Waals surface area contributed by atoms with Gasteiger partial charge >= 0.3 is 0 Å². The highest BCUT2D eigenvalue weighted by molar-refractivity contribution is 5.95. The Labute approximate surface area is 144 Å². The van der Waals surface area contributed by atoms with Crippen molar-refractivity contribution in [1.29, 1.82) is 0 Å². The fraction of sp³-hybridized carbons (Fsp3) is 0.588. The number of amides is 1. The molecule has 0 radical (unpaired) electrons. The maximum Gasteiger partial charge on any atom is 0.251 e. The van der Waals surface area contributed by atoms with Gasteiger partial charge in [0.1, 0.15) is 0 Å². The summed E-state index contributed by atoms with van der Waals surface area (Å²) in [5.74, 6) is 1.61. The van der Waals surface area contributed by atoms with Gasteiger partial charge in [-0.2, -0.15) is 0 Å². The summed E-state index contributed by atoms with van der Waals surface area (Å²) in [6.45, 7) is 7.95. The highest BCUT2D eigenvalue weighted by Crippen LogP contribution is 2.29. The molecule has 2 unspecified atom stereocenters. The van der Waals surface area contributed by atoms with E-state index in [0.717, 1.165) is 19.5 Å². The number of carbonyl (C=O) groups excluding carboxylic acids is 1. The van der Waals surface area contributed by atoms with Crippen LogP contribution in [0.5, 0.6) is 11.5 Å². The number of benzene rings is 1. The molecule has 1 aromatic carbocycles. The van der Waals surface area contributed by atoms with Gasteiger partial charge in [0.05, 0.1) is 13.2 Å². The molecular weight excluding hydrogens is 316 g/mol. The minimum atomic E-state index is -0.0619. The van der Waals surface area contributed by atoms with Crippen molar-refractivity contribution in [3.8, 4) is 11.5 Å². The number of nitrogens with one attached hydrogen (secondary N) is 2. The van der Waals surface area contributed by atoms with Crippen LogP contribution >= 0.6 is 12.4 Å². The fourth-order valence-electron chi connectivity index (χ4n) is 2.64. The van der Waals surface area contributed by atoms with Crippen LogP contribution in [0, 0.1) is 5.92 Å². The van der Waals surface area contributed by atoms with E-state index in [1.165, 1.54) is 0 Å². The van der Waals surface area contributed by atoms with Gasteiger partial charge in [0.15, 0.2) is 11.5 Å². The lowest BCUT2D eigenvalue weighted by molar-refractivity contribution is 0.0914. The van der Waals surface area contributed by atoms with Crippen LogP contribution < -0.4 is 20.1 Å². The van der Waals surface area contributed by atoms with Crippen molar-refractivity contribution in [1.82, 2.24) is 10.6 Å². The largest absolute Gasteiger partial charge is 0.493 e. The summed E-state index contributed by atoms with van der Waals surface area (Å²) >= 11 is 0. The van der Waals surface area contributed by atoms with E-state index in [1.807, 2.05) is 13.8 Å². The fourth-order valence-corrected chi connectivity index (χ4v) is 2.64.